The molecule has 2 unspecified atom stereocenters. The molecule has 0 bridgehead atoms. The first-order chi connectivity index (χ1) is 11.3. The van der Waals surface area contributed by atoms with Crippen LogP contribution in [-0.4, -0.2) is 69.5 Å². The van der Waals surface area contributed by atoms with Crippen LogP contribution in [0.4, 0.5) is 0 Å². The molecule has 0 spiro atoms. The Hall–Kier alpha value is -0.930. The Labute approximate surface area is 142 Å². The zero-order valence-electron chi connectivity index (χ0n) is 14.8. The summed E-state index contributed by atoms with van der Waals surface area (Å²) in [7, 11) is 0. The molecule has 24 heavy (non-hydrogen) atoms. The van der Waals surface area contributed by atoms with Gasteiger partial charge in [-0.2, -0.15) is 0 Å². The van der Waals surface area contributed by atoms with Gasteiger partial charge < -0.3 is 28.4 Å². The number of nitrogens with zero attached hydrogens (tertiary/aromatic N) is 3. The lowest BCUT2D eigenvalue weighted by atomic mass is 10.3. The van der Waals surface area contributed by atoms with Gasteiger partial charge in [-0.05, 0) is 33.2 Å². The third kappa shape index (κ3) is 6.52. The first-order valence-electron chi connectivity index (χ1n) is 8.13. The Morgan fingerprint density at radius 2 is 1.46 bits per heavy atom. The van der Waals surface area contributed by atoms with Crippen LogP contribution >= 0.6 is 0 Å². The van der Waals surface area contributed by atoms with Crippen molar-refractivity contribution < 1.29 is 28.4 Å². The fourth-order valence-electron chi connectivity index (χ4n) is 2.55. The van der Waals surface area contributed by atoms with Crippen LogP contribution in [0.5, 0.6) is 0 Å². The van der Waals surface area contributed by atoms with Gasteiger partial charge in [-0.3, -0.25) is 0 Å². The summed E-state index contributed by atoms with van der Waals surface area (Å²) >= 11 is 0. The van der Waals surface area contributed by atoms with E-state index in [1.165, 1.54) is 0 Å². The summed E-state index contributed by atoms with van der Waals surface area (Å²) in [4.78, 5) is 2.84. The second-order valence-corrected chi connectivity index (χ2v) is 6.84. The van der Waals surface area contributed by atoms with Crippen molar-refractivity contribution in [2.45, 2.75) is 57.5 Å². The first-order valence-corrected chi connectivity index (χ1v) is 8.13. The van der Waals surface area contributed by atoms with Crippen molar-refractivity contribution in [1.29, 1.82) is 0 Å². The molecule has 0 N–H and O–H groups in total. The van der Waals surface area contributed by atoms with Gasteiger partial charge in [0.15, 0.2) is 11.6 Å². The van der Waals surface area contributed by atoms with E-state index in [-0.39, 0.29) is 25.4 Å². The summed E-state index contributed by atoms with van der Waals surface area (Å²) in [6.45, 7) is 9.72. The van der Waals surface area contributed by atoms with E-state index in [2.05, 4.69) is 10.0 Å². The third-order valence-corrected chi connectivity index (χ3v) is 3.58. The van der Waals surface area contributed by atoms with Crippen LogP contribution in [0.1, 0.15) is 27.7 Å². The van der Waals surface area contributed by atoms with Gasteiger partial charge >= 0.3 is 0 Å². The highest BCUT2D eigenvalue weighted by atomic mass is 16.8. The van der Waals surface area contributed by atoms with E-state index < -0.39 is 17.6 Å². The maximum atomic E-state index is 8.65. The molecule has 0 aromatic heterocycles. The summed E-state index contributed by atoms with van der Waals surface area (Å²) in [6.07, 6.45) is -0.224. The molecule has 138 valence electrons. The van der Waals surface area contributed by atoms with Gasteiger partial charge in [0, 0.05) is 4.91 Å². The van der Waals surface area contributed by atoms with E-state index in [1.807, 2.05) is 27.7 Å². The third-order valence-electron chi connectivity index (χ3n) is 3.58. The smallest absolute Gasteiger partial charge is 0.163 e. The highest BCUT2D eigenvalue weighted by Gasteiger charge is 2.33. The summed E-state index contributed by atoms with van der Waals surface area (Å²) in [5, 5.41) is 3.70. The molecule has 2 heterocycles. The summed E-state index contributed by atoms with van der Waals surface area (Å²) in [5.74, 6) is -1.14. The van der Waals surface area contributed by atoms with Crippen molar-refractivity contribution in [3.8, 4) is 0 Å². The molecule has 0 aromatic rings. The van der Waals surface area contributed by atoms with Crippen molar-refractivity contribution >= 4 is 0 Å². The maximum absolute atomic E-state index is 8.65. The lowest BCUT2D eigenvalue weighted by Gasteiger charge is -2.19. The van der Waals surface area contributed by atoms with E-state index in [0.29, 0.717) is 26.4 Å². The minimum atomic E-state index is -0.571. The average molecular weight is 345 g/mol. The molecular formula is C15H27N3O6. The van der Waals surface area contributed by atoms with E-state index >= 15 is 0 Å². The Morgan fingerprint density at radius 3 is 1.79 bits per heavy atom. The Kier molecular flexibility index (Phi) is 6.82. The minimum Gasteiger partial charge on any atom is -0.378 e. The Morgan fingerprint density at radius 1 is 1.00 bits per heavy atom. The molecule has 2 rings (SSSR count). The summed E-state index contributed by atoms with van der Waals surface area (Å²) < 4.78 is 33.4. The summed E-state index contributed by atoms with van der Waals surface area (Å²) in [5.41, 5.74) is 8.65. The number of hydrogen-bond acceptors (Lipinski definition) is 7. The predicted octanol–water partition coefficient (Wildman–Crippen LogP) is 2.00. The molecule has 2 atom stereocenters. The zero-order chi connectivity index (χ0) is 17.6. The maximum Gasteiger partial charge on any atom is 0.163 e. The fourth-order valence-corrected chi connectivity index (χ4v) is 2.55. The molecule has 0 radical (unpaired) electrons. The van der Waals surface area contributed by atoms with Crippen LogP contribution in [0, 0.1) is 0 Å². The summed E-state index contributed by atoms with van der Waals surface area (Å²) in [6, 6.07) is -0.402. The van der Waals surface area contributed by atoms with Crippen LogP contribution < -0.4 is 0 Å². The van der Waals surface area contributed by atoms with Crippen LogP contribution in [0.25, 0.3) is 10.4 Å². The highest BCUT2D eigenvalue weighted by molar-refractivity contribution is 4.73. The van der Waals surface area contributed by atoms with Gasteiger partial charge in [0.2, 0.25) is 0 Å². The largest absolute Gasteiger partial charge is 0.378 e. The lowest BCUT2D eigenvalue weighted by Crippen LogP contribution is -2.28. The molecule has 0 saturated carbocycles. The molecule has 0 amide bonds. The second kappa shape index (κ2) is 8.44. The standard InChI is InChI=1S/C15H27N3O6/c1-14(2)21-9-12(23-14)7-19-5-11(17-18-16)6-20-8-13-10-22-15(3,4)24-13/h11-13H,5-10H2,1-4H3. The van der Waals surface area contributed by atoms with Crippen molar-refractivity contribution in [1.82, 2.24) is 0 Å². The molecule has 2 aliphatic heterocycles. The molecule has 2 saturated heterocycles. The quantitative estimate of drug-likeness (QED) is 0.360. The second-order valence-electron chi connectivity index (χ2n) is 6.84. The highest BCUT2D eigenvalue weighted by Crippen LogP contribution is 2.23. The van der Waals surface area contributed by atoms with Crippen LogP contribution in [-0.2, 0) is 28.4 Å². The molecular weight excluding hydrogens is 318 g/mol. The first kappa shape index (κ1) is 19.4. The normalized spacial score (nSPS) is 29.3. The SMILES string of the molecule is CC1(C)OCC(COCC(COCC2COC(C)(C)O2)N=[N+]=[N-])O1. The Bertz CT molecular complexity index is 420. The molecule has 0 aliphatic carbocycles. The lowest BCUT2D eigenvalue weighted by molar-refractivity contribution is -0.146. The minimum absolute atomic E-state index is 0.112. The van der Waals surface area contributed by atoms with Gasteiger partial charge in [0.05, 0.1) is 45.7 Å². The molecule has 0 aromatic carbocycles. The number of azide groups is 1. The fraction of sp³-hybridized carbons (Fsp3) is 1.00. The average Bonchev–Trinajstić information content (AvgIpc) is 3.01. The van der Waals surface area contributed by atoms with Gasteiger partial charge in [-0.25, -0.2) is 0 Å². The van der Waals surface area contributed by atoms with Crippen LogP contribution in [0.2, 0.25) is 0 Å². The van der Waals surface area contributed by atoms with Gasteiger partial charge in [0.1, 0.15) is 12.2 Å². The van der Waals surface area contributed by atoms with Crippen LogP contribution in [0.15, 0.2) is 5.11 Å². The van der Waals surface area contributed by atoms with E-state index in [9.17, 15) is 0 Å². The molecule has 2 fully saturated rings. The monoisotopic (exact) mass is 345 g/mol. The molecule has 9 heteroatoms. The van der Waals surface area contributed by atoms with Crippen LogP contribution in [0.3, 0.4) is 0 Å². The predicted molar refractivity (Wildman–Crippen MR) is 84.4 cm³/mol. The topological polar surface area (TPSA) is 104 Å². The van der Waals surface area contributed by atoms with Gasteiger partial charge in [-0.1, -0.05) is 5.11 Å². The van der Waals surface area contributed by atoms with Gasteiger partial charge in [-0.15, -0.1) is 0 Å². The van der Waals surface area contributed by atoms with Crippen molar-refractivity contribution in [2.75, 3.05) is 39.6 Å². The molecule has 9 nitrogen and oxygen atoms in total. The van der Waals surface area contributed by atoms with Crippen molar-refractivity contribution in [3.63, 3.8) is 0 Å². The van der Waals surface area contributed by atoms with Crippen molar-refractivity contribution in [2.24, 2.45) is 5.11 Å². The number of rotatable bonds is 9. The number of ether oxygens (including phenoxy) is 6. The molecule has 2 aliphatic rings. The Balaban J connectivity index is 1.62. The van der Waals surface area contributed by atoms with E-state index in [1.54, 1.807) is 0 Å². The van der Waals surface area contributed by atoms with E-state index in [4.69, 9.17) is 34.0 Å². The van der Waals surface area contributed by atoms with E-state index in [0.717, 1.165) is 0 Å². The number of hydrogen-bond donors (Lipinski definition) is 0. The van der Waals surface area contributed by atoms with Gasteiger partial charge in [0.25, 0.3) is 0 Å². The van der Waals surface area contributed by atoms with Crippen molar-refractivity contribution in [3.05, 3.63) is 10.4 Å². The zero-order valence-corrected chi connectivity index (χ0v) is 14.8.